The number of nitrogens with zero attached hydrogens (tertiary/aromatic N) is 6. The maximum atomic E-state index is 12.7. The summed E-state index contributed by atoms with van der Waals surface area (Å²) in [6, 6.07) is 6.68. The van der Waals surface area contributed by atoms with E-state index >= 15 is 0 Å². The normalized spacial score (nSPS) is 20.8. The second-order valence-corrected chi connectivity index (χ2v) is 10.6. The van der Waals surface area contributed by atoms with E-state index in [0.717, 1.165) is 55.7 Å². The van der Waals surface area contributed by atoms with Gasteiger partial charge in [0.05, 0.1) is 17.4 Å². The number of piperazine rings is 1. The van der Waals surface area contributed by atoms with Crippen LogP contribution in [0.25, 0.3) is 11.0 Å². The standard InChI is InChI=1S/C27H36N8O/c1-3-19(2)33-11-13-34(14-12-33)21-7-8-23(28-17-21)31-26-29-16-20-15-22-25(36)30-18-27(9-5-4-6-10-27)35(22)24(20)32-26/h7-8,15-17,19H,3-6,9-14,18H2,1-2H3,(H,30,36)(H,28,29,31,32). The van der Waals surface area contributed by atoms with Gasteiger partial charge < -0.3 is 20.1 Å². The van der Waals surface area contributed by atoms with E-state index in [0.29, 0.717) is 30.0 Å². The van der Waals surface area contributed by atoms with Gasteiger partial charge in [-0.1, -0.05) is 26.2 Å². The fourth-order valence-electron chi connectivity index (χ4n) is 6.16. The molecule has 9 heteroatoms. The molecule has 1 saturated heterocycles. The van der Waals surface area contributed by atoms with Crippen molar-refractivity contribution in [3.05, 3.63) is 36.3 Å². The summed E-state index contributed by atoms with van der Waals surface area (Å²) in [5, 5.41) is 7.30. The molecule has 1 atom stereocenters. The lowest BCUT2D eigenvalue weighted by Gasteiger charge is -2.42. The molecule has 6 rings (SSSR count). The number of carbonyl (C=O) groups excluding carboxylic acids is 1. The van der Waals surface area contributed by atoms with Crippen molar-refractivity contribution in [2.24, 2.45) is 0 Å². The van der Waals surface area contributed by atoms with Crippen LogP contribution < -0.4 is 15.5 Å². The monoisotopic (exact) mass is 488 g/mol. The molecular weight excluding hydrogens is 452 g/mol. The average molecular weight is 489 g/mol. The van der Waals surface area contributed by atoms with Crippen LogP contribution in [0, 0.1) is 0 Å². The summed E-state index contributed by atoms with van der Waals surface area (Å²) in [6.45, 7) is 9.45. The number of pyridine rings is 1. The van der Waals surface area contributed by atoms with E-state index in [1.807, 2.05) is 24.5 Å². The molecule has 3 aliphatic rings. The molecule has 2 fully saturated rings. The summed E-state index contributed by atoms with van der Waals surface area (Å²) in [7, 11) is 0. The van der Waals surface area contributed by atoms with Crippen LogP contribution in [-0.4, -0.2) is 69.1 Å². The average Bonchev–Trinajstić information content (AvgIpc) is 3.32. The molecule has 5 heterocycles. The predicted octanol–water partition coefficient (Wildman–Crippen LogP) is 3.89. The van der Waals surface area contributed by atoms with Crippen molar-refractivity contribution in [2.45, 2.75) is 64.0 Å². The van der Waals surface area contributed by atoms with Crippen LogP contribution in [0.1, 0.15) is 62.9 Å². The Labute approximate surface area is 212 Å². The fourth-order valence-corrected chi connectivity index (χ4v) is 6.16. The first-order valence-electron chi connectivity index (χ1n) is 13.5. The van der Waals surface area contributed by atoms with Crippen LogP contribution in [0.2, 0.25) is 0 Å². The number of aromatic nitrogens is 4. The van der Waals surface area contributed by atoms with E-state index in [-0.39, 0.29) is 11.4 Å². The van der Waals surface area contributed by atoms with Crippen molar-refractivity contribution in [2.75, 3.05) is 42.9 Å². The molecule has 1 saturated carbocycles. The SMILES string of the molecule is CCC(C)N1CCN(c2ccc(Nc3ncc4cc5n(c4n3)C3(CCCCC3)CNC5=O)nc2)CC1. The van der Waals surface area contributed by atoms with Crippen LogP contribution in [-0.2, 0) is 5.54 Å². The Morgan fingerprint density at radius 3 is 2.61 bits per heavy atom. The minimum atomic E-state index is -0.0896. The molecule has 2 N–H and O–H groups in total. The van der Waals surface area contributed by atoms with Gasteiger partial charge in [0, 0.05) is 50.3 Å². The zero-order chi connectivity index (χ0) is 24.7. The van der Waals surface area contributed by atoms with Crippen LogP contribution >= 0.6 is 0 Å². The number of hydrogen-bond donors (Lipinski definition) is 2. The molecule has 0 bridgehead atoms. The van der Waals surface area contributed by atoms with E-state index in [9.17, 15) is 4.79 Å². The lowest BCUT2D eigenvalue weighted by molar-refractivity contribution is 0.0833. The van der Waals surface area contributed by atoms with Gasteiger partial charge in [-0.2, -0.15) is 4.98 Å². The molecule has 2 aliphatic heterocycles. The Kier molecular flexibility index (Phi) is 6.03. The summed E-state index contributed by atoms with van der Waals surface area (Å²) in [5.74, 6) is 1.19. The van der Waals surface area contributed by atoms with Gasteiger partial charge >= 0.3 is 0 Å². The molecule has 1 amide bonds. The summed E-state index contributed by atoms with van der Waals surface area (Å²) in [6.07, 6.45) is 10.7. The van der Waals surface area contributed by atoms with Crippen LogP contribution in [0.3, 0.4) is 0 Å². The van der Waals surface area contributed by atoms with Gasteiger partial charge in [0.15, 0.2) is 0 Å². The number of amides is 1. The molecule has 1 unspecified atom stereocenters. The molecule has 190 valence electrons. The maximum absolute atomic E-state index is 12.7. The largest absolute Gasteiger partial charge is 0.368 e. The van der Waals surface area contributed by atoms with Gasteiger partial charge in [-0.05, 0) is 44.4 Å². The molecule has 3 aromatic heterocycles. The molecular formula is C27H36N8O. The number of anilines is 3. The molecule has 0 radical (unpaired) electrons. The summed E-state index contributed by atoms with van der Waals surface area (Å²) < 4.78 is 2.20. The highest BCUT2D eigenvalue weighted by atomic mass is 16.2. The second kappa shape index (κ2) is 9.35. The highest BCUT2D eigenvalue weighted by Crippen LogP contribution is 2.40. The van der Waals surface area contributed by atoms with Crippen molar-refractivity contribution >= 4 is 34.4 Å². The van der Waals surface area contributed by atoms with Crippen molar-refractivity contribution in [3.8, 4) is 0 Å². The minimum Gasteiger partial charge on any atom is -0.368 e. The van der Waals surface area contributed by atoms with E-state index < -0.39 is 0 Å². The zero-order valence-corrected chi connectivity index (χ0v) is 21.3. The summed E-state index contributed by atoms with van der Waals surface area (Å²) in [5.41, 5.74) is 2.58. The Balaban J connectivity index is 1.21. The first-order valence-corrected chi connectivity index (χ1v) is 13.5. The van der Waals surface area contributed by atoms with Gasteiger partial charge in [-0.3, -0.25) is 9.69 Å². The maximum Gasteiger partial charge on any atom is 0.268 e. The lowest BCUT2D eigenvalue weighted by atomic mass is 9.80. The number of hydrogen-bond acceptors (Lipinski definition) is 7. The topological polar surface area (TPSA) is 91.2 Å². The summed E-state index contributed by atoms with van der Waals surface area (Å²) >= 11 is 0. The van der Waals surface area contributed by atoms with Gasteiger partial charge in [0.2, 0.25) is 5.95 Å². The summed E-state index contributed by atoms with van der Waals surface area (Å²) in [4.78, 5) is 31.7. The van der Waals surface area contributed by atoms with Gasteiger partial charge in [-0.25, -0.2) is 9.97 Å². The Hall–Kier alpha value is -3.20. The van der Waals surface area contributed by atoms with Crippen LogP contribution in [0.5, 0.6) is 0 Å². The molecule has 3 aromatic rings. The van der Waals surface area contributed by atoms with Crippen LogP contribution in [0.4, 0.5) is 17.5 Å². The third kappa shape index (κ3) is 4.09. The fraction of sp³-hybridized carbons (Fsp3) is 0.556. The first-order chi connectivity index (χ1) is 17.6. The Morgan fingerprint density at radius 2 is 1.89 bits per heavy atom. The Morgan fingerprint density at radius 1 is 1.08 bits per heavy atom. The molecule has 0 aromatic carbocycles. The number of carbonyl (C=O) groups is 1. The molecule has 1 spiro atoms. The van der Waals surface area contributed by atoms with Gasteiger partial charge in [-0.15, -0.1) is 0 Å². The third-order valence-electron chi connectivity index (χ3n) is 8.49. The number of nitrogens with one attached hydrogen (secondary N) is 2. The predicted molar refractivity (Wildman–Crippen MR) is 142 cm³/mol. The van der Waals surface area contributed by atoms with Crippen molar-refractivity contribution < 1.29 is 4.79 Å². The van der Waals surface area contributed by atoms with Crippen molar-refractivity contribution in [1.29, 1.82) is 0 Å². The molecule has 9 nitrogen and oxygen atoms in total. The number of rotatable bonds is 5. The highest BCUT2D eigenvalue weighted by Gasteiger charge is 2.41. The number of fused-ring (bicyclic) bond motifs is 4. The molecule has 1 aliphatic carbocycles. The quantitative estimate of drug-likeness (QED) is 0.563. The highest BCUT2D eigenvalue weighted by molar-refractivity contribution is 5.99. The van der Waals surface area contributed by atoms with E-state index in [1.165, 1.54) is 25.7 Å². The van der Waals surface area contributed by atoms with E-state index in [1.54, 1.807) is 0 Å². The molecule has 36 heavy (non-hydrogen) atoms. The zero-order valence-electron chi connectivity index (χ0n) is 21.3. The van der Waals surface area contributed by atoms with Gasteiger partial charge in [0.1, 0.15) is 17.2 Å². The van der Waals surface area contributed by atoms with E-state index in [4.69, 9.17) is 4.98 Å². The smallest absolute Gasteiger partial charge is 0.268 e. The van der Waals surface area contributed by atoms with Crippen molar-refractivity contribution in [1.82, 2.24) is 29.7 Å². The minimum absolute atomic E-state index is 0.0269. The van der Waals surface area contributed by atoms with Crippen molar-refractivity contribution in [3.63, 3.8) is 0 Å². The Bertz CT molecular complexity index is 1240. The van der Waals surface area contributed by atoms with Gasteiger partial charge in [0.25, 0.3) is 5.91 Å². The third-order valence-corrected chi connectivity index (χ3v) is 8.49. The lowest BCUT2D eigenvalue weighted by Crippen LogP contribution is -2.52. The van der Waals surface area contributed by atoms with Crippen LogP contribution in [0.15, 0.2) is 30.6 Å². The van der Waals surface area contributed by atoms with E-state index in [2.05, 4.69) is 54.9 Å². The first kappa shape index (κ1) is 23.2. The second-order valence-electron chi connectivity index (χ2n) is 10.6.